The molecule has 0 heterocycles. The second-order valence-electron chi connectivity index (χ2n) is 5.78. The van der Waals surface area contributed by atoms with Crippen molar-refractivity contribution in [2.24, 2.45) is 0 Å². The molecule has 0 amide bonds. The van der Waals surface area contributed by atoms with Gasteiger partial charge in [0, 0.05) is 18.6 Å². The molecule has 17 heavy (non-hydrogen) atoms. The molecule has 0 aromatic rings. The molecule has 0 bridgehead atoms. The smallest absolute Gasteiger partial charge is 0.0189 e. The van der Waals surface area contributed by atoms with Crippen molar-refractivity contribution < 1.29 is 0 Å². The lowest BCUT2D eigenvalue weighted by atomic mass is 9.95. The van der Waals surface area contributed by atoms with Gasteiger partial charge in [0.05, 0.1) is 0 Å². The van der Waals surface area contributed by atoms with Gasteiger partial charge in [0.15, 0.2) is 0 Å². The Morgan fingerprint density at radius 1 is 1.18 bits per heavy atom. The van der Waals surface area contributed by atoms with Crippen LogP contribution in [0.15, 0.2) is 0 Å². The number of nitrogens with one attached hydrogen (secondary N) is 1. The topological polar surface area (TPSA) is 15.3 Å². The second kappa shape index (κ2) is 8.93. The molecule has 2 nitrogen and oxygen atoms in total. The molecule has 1 rings (SSSR count). The molecule has 1 unspecified atom stereocenters. The SMILES string of the molecule is CCCCCN(C)C(C)CNC1CCCCC1. The van der Waals surface area contributed by atoms with Crippen molar-refractivity contribution in [3.8, 4) is 0 Å². The van der Waals surface area contributed by atoms with Crippen LogP contribution in [0.5, 0.6) is 0 Å². The zero-order valence-electron chi connectivity index (χ0n) is 12.2. The number of nitrogens with zero attached hydrogens (tertiary/aromatic N) is 1. The van der Waals surface area contributed by atoms with Crippen LogP contribution < -0.4 is 5.32 Å². The molecule has 1 saturated carbocycles. The molecule has 1 aliphatic carbocycles. The Morgan fingerprint density at radius 3 is 2.53 bits per heavy atom. The van der Waals surface area contributed by atoms with E-state index in [1.54, 1.807) is 0 Å². The van der Waals surface area contributed by atoms with E-state index in [0.717, 1.165) is 12.6 Å². The van der Waals surface area contributed by atoms with E-state index in [4.69, 9.17) is 0 Å². The Bertz CT molecular complexity index is 176. The Morgan fingerprint density at radius 2 is 1.88 bits per heavy atom. The molecule has 0 aliphatic heterocycles. The quantitative estimate of drug-likeness (QED) is 0.654. The minimum atomic E-state index is 0.675. The van der Waals surface area contributed by atoms with Crippen LogP contribution in [0.25, 0.3) is 0 Å². The number of hydrogen-bond donors (Lipinski definition) is 1. The van der Waals surface area contributed by atoms with Gasteiger partial charge in [-0.25, -0.2) is 0 Å². The van der Waals surface area contributed by atoms with Gasteiger partial charge in [-0.05, 0) is 39.8 Å². The minimum absolute atomic E-state index is 0.675. The lowest BCUT2D eigenvalue weighted by molar-refractivity contribution is 0.233. The molecular weight excluding hydrogens is 208 g/mol. The first-order valence-corrected chi connectivity index (χ1v) is 7.67. The van der Waals surface area contributed by atoms with Crippen molar-refractivity contribution in [1.82, 2.24) is 10.2 Å². The fraction of sp³-hybridized carbons (Fsp3) is 1.00. The van der Waals surface area contributed by atoms with Gasteiger partial charge in [-0.1, -0.05) is 39.0 Å². The fourth-order valence-electron chi connectivity index (χ4n) is 2.63. The maximum Gasteiger partial charge on any atom is 0.0189 e. The minimum Gasteiger partial charge on any atom is -0.312 e. The molecular formula is C15H32N2. The van der Waals surface area contributed by atoms with Crippen LogP contribution in [-0.2, 0) is 0 Å². The standard InChI is InChI=1S/C15H32N2/c1-4-5-9-12-17(3)14(2)13-16-15-10-7-6-8-11-15/h14-16H,4-13H2,1-3H3. The van der Waals surface area contributed by atoms with Gasteiger partial charge in [0.2, 0.25) is 0 Å². The largest absolute Gasteiger partial charge is 0.312 e. The van der Waals surface area contributed by atoms with Gasteiger partial charge in [0.1, 0.15) is 0 Å². The summed E-state index contributed by atoms with van der Waals surface area (Å²) in [5.74, 6) is 0. The Kier molecular flexibility index (Phi) is 7.87. The predicted octanol–water partition coefficient (Wildman–Crippen LogP) is 3.42. The summed E-state index contributed by atoms with van der Waals surface area (Å²) < 4.78 is 0. The van der Waals surface area contributed by atoms with E-state index in [9.17, 15) is 0 Å². The van der Waals surface area contributed by atoms with Crippen molar-refractivity contribution >= 4 is 0 Å². The summed E-state index contributed by atoms with van der Waals surface area (Å²) in [6.45, 7) is 7.03. The van der Waals surface area contributed by atoms with Gasteiger partial charge < -0.3 is 10.2 Å². The summed E-state index contributed by atoms with van der Waals surface area (Å²) in [5, 5.41) is 3.75. The molecule has 0 aromatic heterocycles. The van der Waals surface area contributed by atoms with Gasteiger partial charge in [-0.15, -0.1) is 0 Å². The first-order valence-electron chi connectivity index (χ1n) is 7.67. The molecule has 1 aliphatic rings. The second-order valence-corrected chi connectivity index (χ2v) is 5.78. The van der Waals surface area contributed by atoms with Crippen LogP contribution in [0.4, 0.5) is 0 Å². The van der Waals surface area contributed by atoms with E-state index in [0.29, 0.717) is 6.04 Å². The normalized spacial score (nSPS) is 19.8. The summed E-state index contributed by atoms with van der Waals surface area (Å²) in [6, 6.07) is 1.48. The van der Waals surface area contributed by atoms with Crippen LogP contribution in [0.3, 0.4) is 0 Å². The summed E-state index contributed by atoms with van der Waals surface area (Å²) in [7, 11) is 2.27. The molecule has 1 N–H and O–H groups in total. The maximum atomic E-state index is 3.75. The fourth-order valence-corrected chi connectivity index (χ4v) is 2.63. The number of hydrogen-bond acceptors (Lipinski definition) is 2. The van der Waals surface area contributed by atoms with Crippen molar-refractivity contribution in [1.29, 1.82) is 0 Å². The van der Waals surface area contributed by atoms with E-state index in [2.05, 4.69) is 31.1 Å². The molecule has 1 fully saturated rings. The first kappa shape index (κ1) is 15.0. The van der Waals surface area contributed by atoms with Gasteiger partial charge in [-0.3, -0.25) is 0 Å². The van der Waals surface area contributed by atoms with Crippen molar-refractivity contribution in [2.75, 3.05) is 20.1 Å². The third kappa shape index (κ3) is 6.42. The molecule has 0 radical (unpaired) electrons. The van der Waals surface area contributed by atoms with E-state index in [1.165, 1.54) is 57.9 Å². The summed E-state index contributed by atoms with van der Waals surface area (Å²) in [4.78, 5) is 2.51. The van der Waals surface area contributed by atoms with Crippen LogP contribution in [0, 0.1) is 0 Å². The highest BCUT2D eigenvalue weighted by Crippen LogP contribution is 2.17. The Hall–Kier alpha value is -0.0800. The number of likely N-dealkylation sites (N-methyl/N-ethyl adjacent to an activating group) is 1. The monoisotopic (exact) mass is 240 g/mol. The Balaban J connectivity index is 2.07. The van der Waals surface area contributed by atoms with Crippen LogP contribution >= 0.6 is 0 Å². The highest BCUT2D eigenvalue weighted by atomic mass is 15.1. The third-order valence-corrected chi connectivity index (χ3v) is 4.17. The lowest BCUT2D eigenvalue weighted by Crippen LogP contribution is -2.42. The molecule has 0 aromatic carbocycles. The van der Waals surface area contributed by atoms with Crippen molar-refractivity contribution in [3.63, 3.8) is 0 Å². The summed E-state index contributed by atoms with van der Waals surface area (Å²) >= 11 is 0. The highest BCUT2D eigenvalue weighted by molar-refractivity contribution is 4.75. The first-order chi connectivity index (χ1) is 8.24. The van der Waals surface area contributed by atoms with Gasteiger partial charge >= 0.3 is 0 Å². The van der Waals surface area contributed by atoms with Crippen LogP contribution in [0.2, 0.25) is 0 Å². The van der Waals surface area contributed by atoms with Gasteiger partial charge in [0.25, 0.3) is 0 Å². The molecule has 0 saturated heterocycles. The average Bonchev–Trinajstić information content (AvgIpc) is 2.37. The third-order valence-electron chi connectivity index (χ3n) is 4.17. The maximum absolute atomic E-state index is 3.75. The zero-order valence-corrected chi connectivity index (χ0v) is 12.2. The number of unbranched alkanes of at least 4 members (excludes halogenated alkanes) is 2. The van der Waals surface area contributed by atoms with E-state index < -0.39 is 0 Å². The Labute approximate surface area is 108 Å². The van der Waals surface area contributed by atoms with E-state index >= 15 is 0 Å². The average molecular weight is 240 g/mol. The summed E-state index contributed by atoms with van der Waals surface area (Å²) in [6.07, 6.45) is 11.1. The van der Waals surface area contributed by atoms with Gasteiger partial charge in [-0.2, -0.15) is 0 Å². The highest BCUT2D eigenvalue weighted by Gasteiger charge is 2.15. The summed E-state index contributed by atoms with van der Waals surface area (Å²) in [5.41, 5.74) is 0. The van der Waals surface area contributed by atoms with E-state index in [1.807, 2.05) is 0 Å². The molecule has 0 spiro atoms. The molecule has 2 heteroatoms. The zero-order chi connectivity index (χ0) is 12.5. The lowest BCUT2D eigenvalue weighted by Gasteiger charge is -2.29. The number of rotatable bonds is 8. The van der Waals surface area contributed by atoms with Crippen molar-refractivity contribution in [3.05, 3.63) is 0 Å². The van der Waals surface area contributed by atoms with Crippen LogP contribution in [0.1, 0.15) is 65.2 Å². The predicted molar refractivity (Wildman–Crippen MR) is 76.5 cm³/mol. The molecule has 1 atom stereocenters. The van der Waals surface area contributed by atoms with Crippen molar-refractivity contribution in [2.45, 2.75) is 77.3 Å². The van der Waals surface area contributed by atoms with E-state index in [-0.39, 0.29) is 0 Å². The molecule has 102 valence electrons. The van der Waals surface area contributed by atoms with Crippen LogP contribution in [-0.4, -0.2) is 37.1 Å².